The summed E-state index contributed by atoms with van der Waals surface area (Å²) in [7, 11) is -5.56. The van der Waals surface area contributed by atoms with Gasteiger partial charge in [0.2, 0.25) is 0 Å². The molecule has 1 aromatic carbocycles. The summed E-state index contributed by atoms with van der Waals surface area (Å²) in [5.74, 6) is 0. The summed E-state index contributed by atoms with van der Waals surface area (Å²) >= 11 is 1.52. The van der Waals surface area contributed by atoms with Crippen LogP contribution in [0.5, 0.6) is 0 Å². The highest BCUT2D eigenvalue weighted by Crippen LogP contribution is 2.33. The Morgan fingerprint density at radius 1 is 1.29 bits per heavy atom. The lowest BCUT2D eigenvalue weighted by atomic mass is 10.3. The van der Waals surface area contributed by atoms with E-state index in [9.17, 15) is 31.7 Å². The predicted octanol–water partition coefficient (Wildman–Crippen LogP) is 2.49. The van der Waals surface area contributed by atoms with Crippen molar-refractivity contribution in [2.45, 2.75) is 10.4 Å². The molecular formula is C7H3F3INO4S. The smallest absolute Gasteiger partial charge is 0.258 e. The van der Waals surface area contributed by atoms with Gasteiger partial charge in [-0.2, -0.15) is 13.2 Å². The minimum atomic E-state index is -5.56. The quantitative estimate of drug-likeness (QED) is 0.448. The van der Waals surface area contributed by atoms with Crippen LogP contribution in [0.15, 0.2) is 23.1 Å². The number of hydrogen-bond donors (Lipinski definition) is 0. The van der Waals surface area contributed by atoms with E-state index in [0.717, 1.165) is 6.07 Å². The van der Waals surface area contributed by atoms with Crippen LogP contribution in [0.3, 0.4) is 0 Å². The molecule has 0 aliphatic heterocycles. The van der Waals surface area contributed by atoms with Gasteiger partial charge in [-0.1, -0.05) is 0 Å². The fourth-order valence-corrected chi connectivity index (χ4v) is 2.25. The number of nitrogens with zero attached hydrogens (tertiary/aromatic N) is 1. The van der Waals surface area contributed by atoms with E-state index in [1.807, 2.05) is 0 Å². The van der Waals surface area contributed by atoms with Crippen LogP contribution in [0.1, 0.15) is 0 Å². The van der Waals surface area contributed by atoms with Crippen LogP contribution in [0, 0.1) is 13.7 Å². The maximum atomic E-state index is 12.2. The Morgan fingerprint density at radius 2 is 1.82 bits per heavy atom. The molecule has 0 saturated heterocycles. The molecule has 94 valence electrons. The van der Waals surface area contributed by atoms with Crippen LogP contribution in [-0.2, 0) is 9.84 Å². The van der Waals surface area contributed by atoms with E-state index in [4.69, 9.17) is 0 Å². The van der Waals surface area contributed by atoms with E-state index in [1.54, 1.807) is 0 Å². The molecule has 0 N–H and O–H groups in total. The first kappa shape index (κ1) is 14.2. The van der Waals surface area contributed by atoms with Gasteiger partial charge in [0.15, 0.2) is 0 Å². The van der Waals surface area contributed by atoms with Gasteiger partial charge in [0.05, 0.1) is 13.4 Å². The van der Waals surface area contributed by atoms with Crippen LogP contribution >= 0.6 is 22.6 Å². The number of halogens is 4. The van der Waals surface area contributed by atoms with Gasteiger partial charge in [-0.25, -0.2) is 8.42 Å². The maximum Gasteiger partial charge on any atom is 0.501 e. The summed E-state index contributed by atoms with van der Waals surface area (Å²) in [5.41, 5.74) is -6.16. The molecule has 1 rings (SSSR count). The Hall–Kier alpha value is -0.910. The first-order valence-electron chi connectivity index (χ1n) is 3.82. The van der Waals surface area contributed by atoms with E-state index >= 15 is 0 Å². The molecule has 17 heavy (non-hydrogen) atoms. The third-order valence-electron chi connectivity index (χ3n) is 1.73. The fraction of sp³-hybridized carbons (Fsp3) is 0.143. The Labute approximate surface area is 107 Å². The number of nitro benzene ring substituents is 1. The summed E-state index contributed by atoms with van der Waals surface area (Å²) in [5, 5.41) is 10.5. The second kappa shape index (κ2) is 4.40. The van der Waals surface area contributed by atoms with Gasteiger partial charge in [-0.15, -0.1) is 0 Å². The molecular weight excluding hydrogens is 378 g/mol. The first-order chi connectivity index (χ1) is 7.57. The lowest BCUT2D eigenvalue weighted by Gasteiger charge is -2.07. The molecule has 0 atom stereocenters. The molecule has 0 unspecified atom stereocenters. The molecule has 0 saturated carbocycles. The second-order valence-electron chi connectivity index (χ2n) is 2.82. The molecule has 10 heteroatoms. The van der Waals surface area contributed by atoms with Gasteiger partial charge in [0.25, 0.3) is 15.5 Å². The van der Waals surface area contributed by atoms with Crippen LogP contribution in [0.4, 0.5) is 18.9 Å². The molecule has 0 heterocycles. The molecule has 0 spiro atoms. The highest BCUT2D eigenvalue weighted by molar-refractivity contribution is 14.1. The van der Waals surface area contributed by atoms with Gasteiger partial charge in [-0.05, 0) is 34.7 Å². The van der Waals surface area contributed by atoms with Crippen molar-refractivity contribution in [1.29, 1.82) is 0 Å². The summed E-state index contributed by atoms with van der Waals surface area (Å²) in [4.78, 5) is 8.39. The van der Waals surface area contributed by atoms with Crippen LogP contribution in [0.25, 0.3) is 0 Å². The van der Waals surface area contributed by atoms with Crippen molar-refractivity contribution in [2.24, 2.45) is 0 Å². The van der Waals surface area contributed by atoms with E-state index in [-0.39, 0.29) is 3.57 Å². The van der Waals surface area contributed by atoms with Crippen molar-refractivity contribution in [1.82, 2.24) is 0 Å². The number of nitro groups is 1. The van der Waals surface area contributed by atoms with Crippen LogP contribution in [-0.4, -0.2) is 18.8 Å². The monoisotopic (exact) mass is 381 g/mol. The van der Waals surface area contributed by atoms with Gasteiger partial charge >= 0.3 is 5.51 Å². The predicted molar refractivity (Wildman–Crippen MR) is 59.1 cm³/mol. The highest BCUT2D eigenvalue weighted by Gasteiger charge is 2.47. The number of alkyl halides is 3. The fourth-order valence-electron chi connectivity index (χ4n) is 0.933. The van der Waals surface area contributed by atoms with Crippen LogP contribution in [0.2, 0.25) is 0 Å². The molecule has 1 aromatic rings. The number of rotatable bonds is 2. The zero-order valence-electron chi connectivity index (χ0n) is 7.73. The molecule has 0 bridgehead atoms. The molecule has 0 amide bonds. The normalized spacial score (nSPS) is 12.5. The molecule has 0 aromatic heterocycles. The zero-order chi connectivity index (χ0) is 13.4. The lowest BCUT2D eigenvalue weighted by molar-refractivity contribution is -0.386. The van der Waals surface area contributed by atoms with Crippen LogP contribution < -0.4 is 0 Å². The highest BCUT2D eigenvalue weighted by atomic mass is 127. The van der Waals surface area contributed by atoms with Gasteiger partial charge in [-0.3, -0.25) is 10.1 Å². The first-order valence-corrected chi connectivity index (χ1v) is 6.39. The van der Waals surface area contributed by atoms with Gasteiger partial charge < -0.3 is 0 Å². The van der Waals surface area contributed by atoms with E-state index in [1.165, 1.54) is 22.6 Å². The zero-order valence-corrected chi connectivity index (χ0v) is 10.7. The largest absolute Gasteiger partial charge is 0.501 e. The minimum absolute atomic E-state index is 0.0497. The molecule has 0 radical (unpaired) electrons. The van der Waals surface area contributed by atoms with Gasteiger partial charge in [0.1, 0.15) is 0 Å². The second-order valence-corrected chi connectivity index (χ2v) is 5.92. The van der Waals surface area contributed by atoms with Crippen molar-refractivity contribution in [3.8, 4) is 0 Å². The molecule has 0 aliphatic rings. The summed E-state index contributed by atoms with van der Waals surface area (Å²) in [6.45, 7) is 0. The van der Waals surface area contributed by atoms with Gasteiger partial charge in [0, 0.05) is 6.07 Å². The van der Waals surface area contributed by atoms with E-state index in [2.05, 4.69) is 0 Å². The Balaban J connectivity index is 3.46. The Kier molecular flexibility index (Phi) is 3.66. The summed E-state index contributed by atoms with van der Waals surface area (Å²) < 4.78 is 58.6. The standard InChI is InChI=1S/C7H3F3INO4S/c8-7(9,10)17(15,16)4-1-2-5(11)6(3-4)12(13)14/h1-3H. The van der Waals surface area contributed by atoms with E-state index in [0.29, 0.717) is 12.1 Å². The third-order valence-corrected chi connectivity index (χ3v) is 4.13. The van der Waals surface area contributed by atoms with Crippen molar-refractivity contribution in [2.75, 3.05) is 0 Å². The van der Waals surface area contributed by atoms with E-state index < -0.39 is 30.9 Å². The lowest BCUT2D eigenvalue weighted by Crippen LogP contribution is -2.23. The maximum absolute atomic E-state index is 12.2. The van der Waals surface area contributed by atoms with Crippen molar-refractivity contribution < 1.29 is 26.5 Å². The van der Waals surface area contributed by atoms with Crippen molar-refractivity contribution >= 4 is 38.1 Å². The van der Waals surface area contributed by atoms with Crippen molar-refractivity contribution in [3.05, 3.63) is 31.9 Å². The Morgan fingerprint density at radius 3 is 2.24 bits per heavy atom. The number of benzene rings is 1. The average molecular weight is 381 g/mol. The minimum Gasteiger partial charge on any atom is -0.258 e. The third kappa shape index (κ3) is 2.68. The molecule has 0 fully saturated rings. The Bertz CT molecular complexity index is 569. The number of hydrogen-bond acceptors (Lipinski definition) is 4. The average Bonchev–Trinajstić information content (AvgIpc) is 2.15. The summed E-state index contributed by atoms with van der Waals surface area (Å²) in [6, 6.07) is 2.01. The topological polar surface area (TPSA) is 77.3 Å². The molecule has 0 aliphatic carbocycles. The number of sulfone groups is 1. The molecule has 5 nitrogen and oxygen atoms in total. The SMILES string of the molecule is O=[N+]([O-])c1cc(S(=O)(=O)C(F)(F)F)ccc1I. The van der Waals surface area contributed by atoms with Crippen molar-refractivity contribution in [3.63, 3.8) is 0 Å². The summed E-state index contributed by atoms with van der Waals surface area (Å²) in [6.07, 6.45) is 0.